The van der Waals surface area contributed by atoms with Gasteiger partial charge in [-0.05, 0) is 24.5 Å². The van der Waals surface area contributed by atoms with Gasteiger partial charge in [-0.1, -0.05) is 65.1 Å². The molecule has 0 N–H and O–H groups in total. The van der Waals surface area contributed by atoms with E-state index in [1.165, 1.54) is 0 Å². The first-order valence-electron chi connectivity index (χ1n) is 5.89. The maximum Gasteiger partial charge on any atom is 0.162 e. The molecule has 0 spiro atoms. The van der Waals surface area contributed by atoms with E-state index in [9.17, 15) is 0 Å². The number of aromatic nitrogens is 2. The Labute approximate surface area is 131 Å². The summed E-state index contributed by atoms with van der Waals surface area (Å²) in [7, 11) is 0. The van der Waals surface area contributed by atoms with Crippen LogP contribution in [0.4, 0.5) is 0 Å². The molecule has 19 heavy (non-hydrogen) atoms. The van der Waals surface area contributed by atoms with Gasteiger partial charge in [-0.2, -0.15) is 0 Å². The van der Waals surface area contributed by atoms with Crippen molar-refractivity contribution in [1.29, 1.82) is 0 Å². The molecule has 0 saturated heterocycles. The second kappa shape index (κ2) is 5.78. The Bertz CT molecular complexity index is 604. The first kappa shape index (κ1) is 14.8. The lowest BCUT2D eigenvalue weighted by Crippen LogP contribution is -1.99. The molecule has 0 unspecified atom stereocenters. The summed E-state index contributed by atoms with van der Waals surface area (Å²) in [6.07, 6.45) is 0. The molecule has 100 valence electrons. The molecular weight excluding hydrogens is 347 g/mol. The Morgan fingerprint density at radius 1 is 1.11 bits per heavy atom. The molecule has 0 bridgehead atoms. The lowest BCUT2D eigenvalue weighted by Gasteiger charge is -2.11. The topological polar surface area (TPSA) is 25.8 Å². The van der Waals surface area contributed by atoms with Crippen molar-refractivity contribution in [2.24, 2.45) is 0 Å². The van der Waals surface area contributed by atoms with Crippen molar-refractivity contribution in [1.82, 2.24) is 9.97 Å². The van der Waals surface area contributed by atoms with E-state index in [1.807, 2.05) is 39.0 Å². The molecule has 0 aliphatic heterocycles. The zero-order valence-electron chi connectivity index (χ0n) is 10.8. The number of hydrogen-bond donors (Lipinski definition) is 0. The van der Waals surface area contributed by atoms with Gasteiger partial charge in [0.15, 0.2) is 5.82 Å². The third kappa shape index (κ3) is 3.10. The Kier molecular flexibility index (Phi) is 4.49. The fraction of sp³-hybridized carbons (Fsp3) is 0.286. The van der Waals surface area contributed by atoms with Gasteiger partial charge >= 0.3 is 0 Å². The molecule has 2 nitrogen and oxygen atoms in total. The first-order valence-corrected chi connectivity index (χ1v) is 7.44. The van der Waals surface area contributed by atoms with E-state index < -0.39 is 0 Å². The van der Waals surface area contributed by atoms with Crippen molar-refractivity contribution in [3.63, 3.8) is 0 Å². The van der Waals surface area contributed by atoms with E-state index in [4.69, 9.17) is 23.2 Å². The summed E-state index contributed by atoms with van der Waals surface area (Å²) >= 11 is 15.9. The van der Waals surface area contributed by atoms with Gasteiger partial charge in [-0.15, -0.1) is 0 Å². The molecule has 0 radical (unpaired) electrons. The highest BCUT2D eigenvalue weighted by molar-refractivity contribution is 9.10. The van der Waals surface area contributed by atoms with Crippen LogP contribution in [0, 0.1) is 6.92 Å². The maximum absolute atomic E-state index is 6.20. The second-order valence-electron chi connectivity index (χ2n) is 4.66. The van der Waals surface area contributed by atoms with Crippen LogP contribution < -0.4 is 0 Å². The number of benzene rings is 1. The summed E-state index contributed by atoms with van der Waals surface area (Å²) in [6, 6.07) is 5.92. The molecule has 0 atom stereocenters. The smallest absolute Gasteiger partial charge is 0.162 e. The van der Waals surface area contributed by atoms with Gasteiger partial charge in [-0.3, -0.25) is 0 Å². The van der Waals surface area contributed by atoms with E-state index >= 15 is 0 Å². The number of rotatable bonds is 2. The molecule has 0 amide bonds. The number of aryl methyl sites for hydroxylation is 1. The van der Waals surface area contributed by atoms with Gasteiger partial charge in [0.2, 0.25) is 0 Å². The van der Waals surface area contributed by atoms with E-state index in [-0.39, 0.29) is 5.92 Å². The average molecular weight is 360 g/mol. The van der Waals surface area contributed by atoms with E-state index in [1.54, 1.807) is 0 Å². The largest absolute Gasteiger partial charge is 0.216 e. The van der Waals surface area contributed by atoms with Crippen LogP contribution in [0.2, 0.25) is 10.3 Å². The van der Waals surface area contributed by atoms with Crippen molar-refractivity contribution in [2.45, 2.75) is 26.7 Å². The predicted molar refractivity (Wildman–Crippen MR) is 84.0 cm³/mol. The van der Waals surface area contributed by atoms with Gasteiger partial charge in [0.05, 0.1) is 0 Å². The normalized spacial score (nSPS) is 11.1. The van der Waals surface area contributed by atoms with Gasteiger partial charge in [0, 0.05) is 15.6 Å². The van der Waals surface area contributed by atoms with Gasteiger partial charge < -0.3 is 0 Å². The number of hydrogen-bond acceptors (Lipinski definition) is 2. The van der Waals surface area contributed by atoms with Crippen LogP contribution in [0.15, 0.2) is 22.7 Å². The fourth-order valence-electron chi connectivity index (χ4n) is 1.75. The van der Waals surface area contributed by atoms with Gasteiger partial charge in [-0.25, -0.2) is 9.97 Å². The molecular formula is C14H13BrCl2N2. The SMILES string of the molecule is Cc1ccc(-c2nc(Cl)c(C(C)C)c(Cl)n2)cc1Br. The van der Waals surface area contributed by atoms with Crippen LogP contribution in [-0.4, -0.2) is 9.97 Å². The molecule has 1 aromatic heterocycles. The zero-order chi connectivity index (χ0) is 14.2. The monoisotopic (exact) mass is 358 g/mol. The van der Waals surface area contributed by atoms with Gasteiger partial charge in [0.25, 0.3) is 0 Å². The number of halogens is 3. The quantitative estimate of drug-likeness (QED) is 0.648. The molecule has 1 aromatic carbocycles. The van der Waals surface area contributed by atoms with E-state index in [0.717, 1.165) is 21.2 Å². The van der Waals surface area contributed by atoms with Crippen LogP contribution in [0.1, 0.15) is 30.9 Å². The summed E-state index contributed by atoms with van der Waals surface area (Å²) in [4.78, 5) is 8.69. The minimum Gasteiger partial charge on any atom is -0.216 e. The highest BCUT2D eigenvalue weighted by Gasteiger charge is 2.15. The molecule has 0 aliphatic carbocycles. The third-order valence-corrected chi connectivity index (χ3v) is 4.29. The summed E-state index contributed by atoms with van der Waals surface area (Å²) in [6.45, 7) is 6.05. The summed E-state index contributed by atoms with van der Waals surface area (Å²) in [5.74, 6) is 0.735. The second-order valence-corrected chi connectivity index (χ2v) is 6.23. The van der Waals surface area contributed by atoms with Crippen molar-refractivity contribution >= 4 is 39.1 Å². The predicted octanol–water partition coefficient (Wildman–Crippen LogP) is 5.64. The molecule has 0 aliphatic rings. The van der Waals surface area contributed by atoms with Crippen molar-refractivity contribution in [3.8, 4) is 11.4 Å². The lowest BCUT2D eigenvalue weighted by molar-refractivity contribution is 0.848. The standard InChI is InChI=1S/C14H13BrCl2N2/c1-7(2)11-12(16)18-14(19-13(11)17)9-5-4-8(3)10(15)6-9/h4-7H,1-3H3. The maximum atomic E-state index is 6.20. The highest BCUT2D eigenvalue weighted by Crippen LogP contribution is 2.32. The first-order chi connectivity index (χ1) is 8.90. The molecule has 0 fully saturated rings. The fourth-order valence-corrected chi connectivity index (χ4v) is 2.96. The summed E-state index contributed by atoms with van der Waals surface area (Å²) in [5.41, 5.74) is 2.83. The Morgan fingerprint density at radius 3 is 2.16 bits per heavy atom. The van der Waals surface area contributed by atoms with Crippen molar-refractivity contribution in [3.05, 3.63) is 44.1 Å². The number of nitrogens with zero attached hydrogens (tertiary/aromatic N) is 2. The van der Waals surface area contributed by atoms with E-state index in [2.05, 4.69) is 25.9 Å². The molecule has 2 rings (SSSR count). The molecule has 0 saturated carbocycles. The van der Waals surface area contributed by atoms with Crippen LogP contribution in [0.5, 0.6) is 0 Å². The van der Waals surface area contributed by atoms with Crippen LogP contribution in [0.3, 0.4) is 0 Å². The van der Waals surface area contributed by atoms with Gasteiger partial charge in [0.1, 0.15) is 10.3 Å². The highest BCUT2D eigenvalue weighted by atomic mass is 79.9. The average Bonchev–Trinajstić information content (AvgIpc) is 2.31. The Morgan fingerprint density at radius 2 is 1.68 bits per heavy atom. The summed E-state index contributed by atoms with van der Waals surface area (Å²) in [5, 5.41) is 0.836. The third-order valence-electron chi connectivity index (χ3n) is 2.86. The summed E-state index contributed by atoms with van der Waals surface area (Å²) < 4.78 is 1.01. The Balaban J connectivity index is 2.55. The molecule has 5 heteroatoms. The van der Waals surface area contributed by atoms with Crippen LogP contribution in [0.25, 0.3) is 11.4 Å². The van der Waals surface area contributed by atoms with Crippen LogP contribution >= 0.6 is 39.1 Å². The van der Waals surface area contributed by atoms with Crippen molar-refractivity contribution in [2.75, 3.05) is 0 Å². The van der Waals surface area contributed by atoms with Crippen LogP contribution in [-0.2, 0) is 0 Å². The minimum absolute atomic E-state index is 0.193. The molecule has 2 aromatic rings. The zero-order valence-corrected chi connectivity index (χ0v) is 13.9. The Hall–Kier alpha value is -0.640. The lowest BCUT2D eigenvalue weighted by atomic mass is 10.1. The molecule has 1 heterocycles. The minimum atomic E-state index is 0.193. The van der Waals surface area contributed by atoms with E-state index in [0.29, 0.717) is 16.1 Å². The van der Waals surface area contributed by atoms with Crippen molar-refractivity contribution < 1.29 is 0 Å².